The van der Waals surface area contributed by atoms with E-state index >= 15 is 0 Å². The van der Waals surface area contributed by atoms with Gasteiger partial charge >= 0.3 is 6.18 Å². The number of carbonyl (C=O) groups excluding carboxylic acids is 1. The highest BCUT2D eigenvalue weighted by Gasteiger charge is 2.52. The lowest BCUT2D eigenvalue weighted by molar-refractivity contribution is -0.258. The number of sulfonamides is 1. The Morgan fingerprint density at radius 3 is 2.07 bits per heavy atom. The van der Waals surface area contributed by atoms with Gasteiger partial charge in [-0.2, -0.15) is 13.2 Å². The van der Waals surface area contributed by atoms with Gasteiger partial charge in [-0.3, -0.25) is 4.79 Å². The molecule has 3 fully saturated rings. The Morgan fingerprint density at radius 1 is 1.03 bits per heavy atom. The molecule has 2 heterocycles. The number of nitrogens with zero attached hydrogens (tertiary/aromatic N) is 2. The molecule has 2 aliphatic heterocycles. The van der Waals surface area contributed by atoms with E-state index in [1.807, 2.05) is 0 Å². The van der Waals surface area contributed by atoms with Crippen molar-refractivity contribution in [1.82, 2.24) is 4.31 Å². The molecule has 1 amide bonds. The maximum absolute atomic E-state index is 13.2. The van der Waals surface area contributed by atoms with Crippen LogP contribution < -0.4 is 4.90 Å². The van der Waals surface area contributed by atoms with E-state index in [4.69, 9.17) is 0 Å². The Labute approximate surface area is 173 Å². The van der Waals surface area contributed by atoms with Gasteiger partial charge in [0.2, 0.25) is 15.9 Å². The number of benzene rings is 1. The van der Waals surface area contributed by atoms with Crippen LogP contribution >= 0.6 is 0 Å². The standard InChI is InChI=1S/C20H25F3N2O4S/c1-18(27,20(21,22)23)14-2-4-15(5-3-14)25-13-10-19(17(25)26)8-11-24(12-9-19)30(28,29)16-6-7-16/h2-5,16,27H,6-13H2,1H3. The van der Waals surface area contributed by atoms with Gasteiger partial charge in [0.05, 0.1) is 10.7 Å². The highest BCUT2D eigenvalue weighted by molar-refractivity contribution is 7.90. The number of hydrogen-bond acceptors (Lipinski definition) is 4. The van der Waals surface area contributed by atoms with Gasteiger partial charge in [-0.25, -0.2) is 12.7 Å². The number of anilines is 1. The largest absolute Gasteiger partial charge is 0.421 e. The summed E-state index contributed by atoms with van der Waals surface area (Å²) in [5.41, 5.74) is -3.40. The average molecular weight is 446 g/mol. The fraction of sp³-hybridized carbons (Fsp3) is 0.650. The van der Waals surface area contributed by atoms with Crippen LogP contribution in [0.5, 0.6) is 0 Å². The monoisotopic (exact) mass is 446 g/mol. The third-order valence-electron chi connectivity index (χ3n) is 6.79. The lowest BCUT2D eigenvalue weighted by Gasteiger charge is -2.37. The Bertz CT molecular complexity index is 932. The van der Waals surface area contributed by atoms with Crippen molar-refractivity contribution >= 4 is 21.6 Å². The molecule has 0 aromatic heterocycles. The molecule has 3 aliphatic rings. The molecule has 1 saturated carbocycles. The van der Waals surface area contributed by atoms with Crippen LogP contribution in [0, 0.1) is 5.41 Å². The molecule has 30 heavy (non-hydrogen) atoms. The third kappa shape index (κ3) is 3.42. The lowest BCUT2D eigenvalue weighted by atomic mass is 9.77. The maximum atomic E-state index is 13.2. The first-order valence-electron chi connectivity index (χ1n) is 10.1. The van der Waals surface area contributed by atoms with E-state index in [-0.39, 0.29) is 16.7 Å². The average Bonchev–Trinajstić information content (AvgIpc) is 3.50. The maximum Gasteiger partial charge on any atom is 0.421 e. The summed E-state index contributed by atoms with van der Waals surface area (Å²) in [5, 5.41) is 9.54. The molecule has 166 valence electrons. The van der Waals surface area contributed by atoms with E-state index in [9.17, 15) is 31.5 Å². The van der Waals surface area contributed by atoms with Crippen molar-refractivity contribution in [2.24, 2.45) is 5.41 Å². The number of alkyl halides is 3. The fourth-order valence-corrected chi connectivity index (χ4v) is 6.25. The van der Waals surface area contributed by atoms with Crippen molar-refractivity contribution in [2.75, 3.05) is 24.5 Å². The number of hydrogen-bond donors (Lipinski definition) is 1. The normalized spacial score (nSPS) is 25.0. The number of halogens is 3. The molecule has 0 radical (unpaired) electrons. The highest BCUT2D eigenvalue weighted by Crippen LogP contribution is 2.45. The van der Waals surface area contributed by atoms with Crippen molar-refractivity contribution in [2.45, 2.75) is 56.1 Å². The zero-order valence-corrected chi connectivity index (χ0v) is 17.5. The number of rotatable bonds is 4. The van der Waals surface area contributed by atoms with Crippen LogP contribution in [0.15, 0.2) is 24.3 Å². The van der Waals surface area contributed by atoms with Gasteiger partial charge in [0.1, 0.15) is 0 Å². The Morgan fingerprint density at radius 2 is 1.57 bits per heavy atom. The van der Waals surface area contributed by atoms with Crippen LogP contribution in [0.3, 0.4) is 0 Å². The van der Waals surface area contributed by atoms with Crippen molar-refractivity contribution in [1.29, 1.82) is 0 Å². The van der Waals surface area contributed by atoms with Gasteiger partial charge in [-0.15, -0.1) is 0 Å². The molecule has 1 N–H and O–H groups in total. The quantitative estimate of drug-likeness (QED) is 0.772. The summed E-state index contributed by atoms with van der Waals surface area (Å²) >= 11 is 0. The number of aliphatic hydroxyl groups is 1. The zero-order chi connectivity index (χ0) is 21.9. The summed E-state index contributed by atoms with van der Waals surface area (Å²) in [6.45, 7) is 1.78. The first kappa shape index (κ1) is 21.6. The summed E-state index contributed by atoms with van der Waals surface area (Å²) in [5.74, 6) is -0.110. The summed E-state index contributed by atoms with van der Waals surface area (Å²) in [6.07, 6.45) is -1.91. The molecule has 1 aromatic rings. The minimum absolute atomic E-state index is 0.110. The van der Waals surface area contributed by atoms with Gasteiger partial charge in [0.25, 0.3) is 0 Å². The molecule has 1 aromatic carbocycles. The van der Waals surface area contributed by atoms with Crippen LogP contribution in [-0.4, -0.2) is 54.8 Å². The summed E-state index contributed by atoms with van der Waals surface area (Å²) in [4.78, 5) is 14.7. The van der Waals surface area contributed by atoms with Gasteiger partial charge in [0.15, 0.2) is 5.60 Å². The summed E-state index contributed by atoms with van der Waals surface area (Å²) in [6, 6.07) is 5.20. The molecule has 1 spiro atoms. The smallest absolute Gasteiger partial charge is 0.376 e. The van der Waals surface area contributed by atoms with Crippen molar-refractivity contribution in [3.05, 3.63) is 29.8 Å². The molecule has 1 unspecified atom stereocenters. The lowest BCUT2D eigenvalue weighted by Crippen LogP contribution is -2.47. The van der Waals surface area contributed by atoms with Crippen LogP contribution in [0.25, 0.3) is 0 Å². The number of piperidine rings is 1. The number of amides is 1. The molecule has 4 rings (SSSR count). The molecular weight excluding hydrogens is 421 g/mol. The fourth-order valence-electron chi connectivity index (χ4n) is 4.41. The third-order valence-corrected chi connectivity index (χ3v) is 9.19. The first-order valence-corrected chi connectivity index (χ1v) is 11.6. The van der Waals surface area contributed by atoms with E-state index in [2.05, 4.69) is 0 Å². The van der Waals surface area contributed by atoms with E-state index in [0.717, 1.165) is 0 Å². The Kier molecular flexibility index (Phi) is 4.98. The van der Waals surface area contributed by atoms with Crippen molar-refractivity contribution in [3.8, 4) is 0 Å². The topological polar surface area (TPSA) is 77.9 Å². The molecule has 2 saturated heterocycles. The molecular formula is C20H25F3N2O4S. The summed E-state index contributed by atoms with van der Waals surface area (Å²) in [7, 11) is -3.26. The predicted molar refractivity (Wildman–Crippen MR) is 104 cm³/mol. The van der Waals surface area contributed by atoms with E-state index in [1.54, 1.807) is 4.90 Å². The minimum atomic E-state index is -4.81. The predicted octanol–water partition coefficient (Wildman–Crippen LogP) is 2.77. The second kappa shape index (κ2) is 6.93. The Balaban J connectivity index is 1.46. The second-order valence-corrected chi connectivity index (χ2v) is 11.0. The van der Waals surface area contributed by atoms with Crippen LogP contribution in [-0.2, 0) is 20.4 Å². The van der Waals surface area contributed by atoms with Gasteiger partial charge < -0.3 is 10.0 Å². The van der Waals surface area contributed by atoms with E-state index < -0.39 is 27.2 Å². The van der Waals surface area contributed by atoms with Crippen molar-refractivity contribution < 1.29 is 31.5 Å². The summed E-state index contributed by atoms with van der Waals surface area (Å²) < 4.78 is 65.5. The molecule has 0 bridgehead atoms. The minimum Gasteiger partial charge on any atom is -0.376 e. The van der Waals surface area contributed by atoms with Crippen LogP contribution in [0.2, 0.25) is 0 Å². The van der Waals surface area contributed by atoms with Gasteiger partial charge in [0, 0.05) is 25.3 Å². The van der Waals surface area contributed by atoms with Crippen LogP contribution in [0.4, 0.5) is 18.9 Å². The molecule has 10 heteroatoms. The SMILES string of the molecule is CC(O)(c1ccc(N2CCC3(CCN(S(=O)(=O)C4CC4)CC3)C2=O)cc1)C(F)(F)F. The molecule has 1 aliphatic carbocycles. The Hall–Kier alpha value is -1.65. The van der Waals surface area contributed by atoms with Crippen LogP contribution in [0.1, 0.15) is 44.6 Å². The molecule has 1 atom stereocenters. The van der Waals surface area contributed by atoms with Crippen molar-refractivity contribution in [3.63, 3.8) is 0 Å². The first-order chi connectivity index (χ1) is 13.9. The van der Waals surface area contributed by atoms with E-state index in [0.29, 0.717) is 64.3 Å². The zero-order valence-electron chi connectivity index (χ0n) is 16.7. The van der Waals surface area contributed by atoms with Gasteiger partial charge in [-0.1, -0.05) is 12.1 Å². The van der Waals surface area contributed by atoms with E-state index in [1.165, 1.54) is 28.6 Å². The second-order valence-electron chi connectivity index (χ2n) is 8.75. The number of carbonyl (C=O) groups is 1. The van der Waals surface area contributed by atoms with Gasteiger partial charge in [-0.05, 0) is 56.7 Å². The highest BCUT2D eigenvalue weighted by atomic mass is 32.2. The molecule has 6 nitrogen and oxygen atoms in total.